The van der Waals surface area contributed by atoms with Gasteiger partial charge in [0.15, 0.2) is 5.17 Å². The van der Waals surface area contributed by atoms with Gasteiger partial charge in [-0.15, -0.1) is 0 Å². The molecule has 1 amide bonds. The molecular weight excluding hydrogens is 398 g/mol. The summed E-state index contributed by atoms with van der Waals surface area (Å²) in [4.78, 5) is 30.1. The minimum absolute atomic E-state index is 0.0601. The second kappa shape index (κ2) is 8.16. The number of aliphatic imine (C=N–C) groups is 1. The van der Waals surface area contributed by atoms with Gasteiger partial charge < -0.3 is 0 Å². The Bertz CT molecular complexity index is 1030. The minimum atomic E-state index is -0.542. The lowest BCUT2D eigenvalue weighted by molar-refractivity contribution is -0.384. The number of amides is 1. The molecule has 0 unspecified atom stereocenters. The first kappa shape index (κ1) is 20.1. The van der Waals surface area contributed by atoms with Crippen LogP contribution in [-0.4, -0.2) is 27.4 Å². The first-order valence-corrected chi connectivity index (χ1v) is 9.81. The van der Waals surface area contributed by atoms with Gasteiger partial charge in [0.05, 0.1) is 15.5 Å². The van der Waals surface area contributed by atoms with Crippen LogP contribution in [0.15, 0.2) is 46.3 Å². The van der Waals surface area contributed by atoms with Crippen molar-refractivity contribution in [2.24, 2.45) is 4.99 Å². The van der Waals surface area contributed by atoms with Crippen molar-refractivity contribution in [1.29, 1.82) is 0 Å². The van der Waals surface area contributed by atoms with Gasteiger partial charge in [0.2, 0.25) is 0 Å². The number of rotatable bonds is 4. The van der Waals surface area contributed by atoms with Gasteiger partial charge in [-0.3, -0.25) is 19.8 Å². The second-order valence-corrected chi connectivity index (χ2v) is 7.73. The van der Waals surface area contributed by atoms with Crippen LogP contribution in [0.3, 0.4) is 0 Å². The molecule has 6 nitrogen and oxygen atoms in total. The summed E-state index contributed by atoms with van der Waals surface area (Å²) in [5.41, 5.74) is 3.27. The Morgan fingerprint density at radius 1 is 1.25 bits per heavy atom. The Hall–Kier alpha value is -2.64. The number of nitrogens with zero attached hydrogens (tertiary/aromatic N) is 3. The third kappa shape index (κ3) is 4.10. The molecule has 0 bridgehead atoms. The maximum absolute atomic E-state index is 12.8. The van der Waals surface area contributed by atoms with Crippen LogP contribution in [0.5, 0.6) is 0 Å². The summed E-state index contributed by atoms with van der Waals surface area (Å²) in [5, 5.41) is 11.7. The molecule has 0 saturated carbocycles. The second-order valence-electron chi connectivity index (χ2n) is 6.31. The van der Waals surface area contributed by atoms with Crippen LogP contribution < -0.4 is 0 Å². The molecule has 1 heterocycles. The maximum atomic E-state index is 12.8. The zero-order chi connectivity index (χ0) is 20.4. The number of carbonyl (C=O) groups excluding carboxylic acids is 1. The van der Waals surface area contributed by atoms with Crippen LogP contribution in [0, 0.1) is 24.0 Å². The monoisotopic (exact) mass is 415 g/mol. The van der Waals surface area contributed by atoms with Crippen molar-refractivity contribution in [1.82, 2.24) is 4.90 Å². The topological polar surface area (TPSA) is 75.8 Å². The number of hydrogen-bond donors (Lipinski definition) is 0. The normalized spacial score (nSPS) is 17.0. The molecule has 28 heavy (non-hydrogen) atoms. The minimum Gasteiger partial charge on any atom is -0.287 e. The highest BCUT2D eigenvalue weighted by Gasteiger charge is 2.32. The SMILES string of the molecule is CCN1C(=O)/C(=C\c2ccc(Cl)c([N+](=O)[O-])c2)SC1=Nc1cc(C)ccc1C. The van der Waals surface area contributed by atoms with E-state index in [1.54, 1.807) is 17.0 Å². The van der Waals surface area contributed by atoms with Gasteiger partial charge in [-0.05, 0) is 67.4 Å². The van der Waals surface area contributed by atoms with Gasteiger partial charge in [0.1, 0.15) is 5.02 Å². The van der Waals surface area contributed by atoms with Crippen molar-refractivity contribution in [3.8, 4) is 0 Å². The fourth-order valence-corrected chi connectivity index (χ4v) is 3.97. The molecule has 0 atom stereocenters. The molecule has 1 fully saturated rings. The van der Waals surface area contributed by atoms with Crippen molar-refractivity contribution in [2.45, 2.75) is 20.8 Å². The highest BCUT2D eigenvalue weighted by Crippen LogP contribution is 2.35. The molecule has 2 aromatic rings. The van der Waals surface area contributed by atoms with Crippen LogP contribution >= 0.6 is 23.4 Å². The van der Waals surface area contributed by atoms with E-state index in [0.29, 0.717) is 22.2 Å². The van der Waals surface area contributed by atoms with Crippen molar-refractivity contribution < 1.29 is 9.72 Å². The number of hydrogen-bond acceptors (Lipinski definition) is 5. The van der Waals surface area contributed by atoms with Crippen LogP contribution in [0.4, 0.5) is 11.4 Å². The van der Waals surface area contributed by atoms with E-state index in [0.717, 1.165) is 16.8 Å². The van der Waals surface area contributed by atoms with E-state index in [9.17, 15) is 14.9 Å². The lowest BCUT2D eigenvalue weighted by Crippen LogP contribution is -2.28. The van der Waals surface area contributed by atoms with Gasteiger partial charge >= 0.3 is 0 Å². The quantitative estimate of drug-likeness (QED) is 0.376. The van der Waals surface area contributed by atoms with Gasteiger partial charge in [-0.2, -0.15) is 0 Å². The number of amidine groups is 1. The maximum Gasteiger partial charge on any atom is 0.288 e. The predicted octanol–water partition coefficient (Wildman–Crippen LogP) is 5.49. The number of carbonyl (C=O) groups is 1. The van der Waals surface area contributed by atoms with Crippen LogP contribution in [0.25, 0.3) is 6.08 Å². The highest BCUT2D eigenvalue weighted by molar-refractivity contribution is 8.18. The molecule has 1 saturated heterocycles. The fraction of sp³-hybridized carbons (Fsp3) is 0.200. The van der Waals surface area contributed by atoms with Gasteiger partial charge in [-0.25, -0.2) is 4.99 Å². The molecule has 0 N–H and O–H groups in total. The standard InChI is InChI=1S/C20H18ClN3O3S/c1-4-23-19(25)18(11-14-7-8-15(21)17(10-14)24(26)27)28-20(23)22-16-9-12(2)5-6-13(16)3/h5-11H,4H2,1-3H3/b18-11+,22-20?. The first-order valence-electron chi connectivity index (χ1n) is 8.61. The van der Waals surface area contributed by atoms with Gasteiger partial charge in [0.25, 0.3) is 11.6 Å². The van der Waals surface area contributed by atoms with E-state index in [4.69, 9.17) is 11.6 Å². The number of aryl methyl sites for hydroxylation is 2. The average Bonchev–Trinajstić information content (AvgIpc) is 2.94. The van der Waals surface area contributed by atoms with E-state index >= 15 is 0 Å². The zero-order valence-corrected chi connectivity index (χ0v) is 17.2. The molecule has 3 rings (SSSR count). The summed E-state index contributed by atoms with van der Waals surface area (Å²) in [7, 11) is 0. The van der Waals surface area contributed by atoms with E-state index in [1.807, 2.05) is 39.0 Å². The number of likely N-dealkylation sites (N-methyl/N-ethyl adjacent to an activating group) is 1. The third-order valence-electron chi connectivity index (χ3n) is 4.25. The molecule has 2 aromatic carbocycles. The van der Waals surface area contributed by atoms with Crippen molar-refractivity contribution >= 4 is 51.9 Å². The van der Waals surface area contributed by atoms with E-state index in [-0.39, 0.29) is 16.6 Å². The van der Waals surface area contributed by atoms with Crippen molar-refractivity contribution in [3.63, 3.8) is 0 Å². The Kier molecular flexibility index (Phi) is 5.86. The summed E-state index contributed by atoms with van der Waals surface area (Å²) < 4.78 is 0. The summed E-state index contributed by atoms with van der Waals surface area (Å²) in [6.45, 7) is 6.33. The van der Waals surface area contributed by atoms with Crippen molar-refractivity contribution in [2.75, 3.05) is 6.54 Å². The summed E-state index contributed by atoms with van der Waals surface area (Å²) in [5.74, 6) is -0.172. The van der Waals surface area contributed by atoms with E-state index in [1.165, 1.54) is 23.9 Å². The smallest absolute Gasteiger partial charge is 0.287 e. The summed E-state index contributed by atoms with van der Waals surface area (Å²) >= 11 is 7.12. The fourth-order valence-electron chi connectivity index (χ4n) is 2.72. The Morgan fingerprint density at radius 3 is 2.68 bits per heavy atom. The molecule has 8 heteroatoms. The van der Waals surface area contributed by atoms with Crippen LogP contribution in [0.2, 0.25) is 5.02 Å². The number of nitro benzene ring substituents is 1. The molecule has 1 aliphatic heterocycles. The van der Waals surface area contributed by atoms with Gasteiger partial charge in [0, 0.05) is 12.6 Å². The Balaban J connectivity index is 1.99. The predicted molar refractivity (Wildman–Crippen MR) is 114 cm³/mol. The number of benzene rings is 2. The van der Waals surface area contributed by atoms with Crippen LogP contribution in [-0.2, 0) is 4.79 Å². The molecule has 144 valence electrons. The molecule has 0 radical (unpaired) electrons. The number of nitro groups is 1. The molecular formula is C20H18ClN3O3S. The number of thioether (sulfide) groups is 1. The summed E-state index contributed by atoms with van der Waals surface area (Å²) in [6.07, 6.45) is 1.63. The van der Waals surface area contributed by atoms with Crippen molar-refractivity contribution in [3.05, 3.63) is 73.1 Å². The lowest BCUT2D eigenvalue weighted by Gasteiger charge is -2.12. The zero-order valence-electron chi connectivity index (χ0n) is 15.6. The molecule has 0 aromatic heterocycles. The van der Waals surface area contributed by atoms with Crippen LogP contribution in [0.1, 0.15) is 23.6 Å². The average molecular weight is 416 g/mol. The Morgan fingerprint density at radius 2 is 2.00 bits per heavy atom. The van der Waals surface area contributed by atoms with E-state index < -0.39 is 4.92 Å². The Labute approximate surface area is 172 Å². The molecule has 1 aliphatic rings. The summed E-state index contributed by atoms with van der Waals surface area (Å²) in [6, 6.07) is 10.5. The molecule has 0 spiro atoms. The largest absolute Gasteiger partial charge is 0.288 e. The lowest BCUT2D eigenvalue weighted by atomic mass is 10.1. The first-order chi connectivity index (χ1) is 13.3. The van der Waals surface area contributed by atoms with Gasteiger partial charge in [-0.1, -0.05) is 29.8 Å². The number of halogens is 1. The highest BCUT2D eigenvalue weighted by atomic mass is 35.5. The van der Waals surface area contributed by atoms with E-state index in [2.05, 4.69) is 4.99 Å². The third-order valence-corrected chi connectivity index (χ3v) is 5.58. The molecule has 0 aliphatic carbocycles.